The fraction of sp³-hybridized carbons (Fsp3) is 0.294. The number of carbonyl (C=O) groups excluding carboxylic acids is 2. The Labute approximate surface area is 228 Å². The molecule has 2 heterocycles. The molecule has 0 spiro atoms. The molecule has 4 aromatic carbocycles. The zero-order valence-corrected chi connectivity index (χ0v) is 22.0. The Kier molecular flexibility index (Phi) is 5.88. The van der Waals surface area contributed by atoms with Gasteiger partial charge < -0.3 is 14.4 Å². The number of ketones is 1. The average molecular weight is 518 g/mol. The van der Waals surface area contributed by atoms with Gasteiger partial charge in [-0.2, -0.15) is 0 Å². The van der Waals surface area contributed by atoms with Crippen LogP contribution in [0.15, 0.2) is 84.9 Å². The van der Waals surface area contributed by atoms with Crippen molar-refractivity contribution in [2.24, 2.45) is 5.92 Å². The minimum Gasteiger partial charge on any atom is -0.496 e. The van der Waals surface area contributed by atoms with E-state index in [0.29, 0.717) is 19.4 Å². The van der Waals surface area contributed by atoms with E-state index in [1.165, 1.54) is 22.3 Å². The van der Waals surface area contributed by atoms with Crippen LogP contribution < -0.4 is 4.74 Å². The number of methoxy groups -OCH3 is 1. The van der Waals surface area contributed by atoms with Crippen molar-refractivity contribution in [2.45, 2.75) is 43.7 Å². The molecule has 2 aliphatic heterocycles. The standard InChI is InChI=1S/C34H31NO4/c1-38-32-17-16-30(28-12-6-7-13-29(28)32)33(36)21-18-22-14-15-23(19-21)35(22)34(37)39-20-31-26-10-4-2-8-24(26)25-9-3-5-11-27(25)31/h2-13,16-17,21-23,31H,14-15,18-20H2,1H3. The minimum atomic E-state index is -0.245. The van der Waals surface area contributed by atoms with Crippen molar-refractivity contribution in [1.29, 1.82) is 0 Å². The van der Waals surface area contributed by atoms with Gasteiger partial charge in [-0.25, -0.2) is 4.79 Å². The molecule has 196 valence electrons. The van der Waals surface area contributed by atoms with Crippen LogP contribution in [0.2, 0.25) is 0 Å². The lowest BCUT2D eigenvalue weighted by Gasteiger charge is -2.38. The van der Waals surface area contributed by atoms with Gasteiger partial charge in [-0.05, 0) is 65.5 Å². The number of amides is 1. The fourth-order valence-corrected chi connectivity index (χ4v) is 7.24. The first-order valence-corrected chi connectivity index (χ1v) is 13.9. The number of carbonyl (C=O) groups is 2. The molecule has 0 N–H and O–H groups in total. The normalized spacial score (nSPS) is 21.5. The Hall–Kier alpha value is -4.12. The zero-order chi connectivity index (χ0) is 26.5. The summed E-state index contributed by atoms with van der Waals surface area (Å²) in [7, 11) is 1.65. The van der Waals surface area contributed by atoms with Crippen LogP contribution in [-0.2, 0) is 4.74 Å². The van der Waals surface area contributed by atoms with Crippen molar-refractivity contribution in [3.05, 3.63) is 102 Å². The Morgan fingerprint density at radius 2 is 1.36 bits per heavy atom. The Balaban J connectivity index is 1.07. The SMILES string of the molecule is COc1ccc(C(=O)C2CC3CCC(C2)N3C(=O)OCC2c3ccccc3-c3ccccc32)c2ccccc12. The Morgan fingerprint density at radius 1 is 0.769 bits per heavy atom. The van der Waals surface area contributed by atoms with Crippen molar-refractivity contribution in [3.8, 4) is 16.9 Å². The molecule has 2 atom stereocenters. The summed E-state index contributed by atoms with van der Waals surface area (Å²) < 4.78 is 11.5. The summed E-state index contributed by atoms with van der Waals surface area (Å²) in [4.78, 5) is 29.1. The van der Waals surface area contributed by atoms with Crippen LogP contribution in [-0.4, -0.2) is 42.6 Å². The highest BCUT2D eigenvalue weighted by Gasteiger charge is 2.46. The molecule has 7 rings (SSSR count). The van der Waals surface area contributed by atoms with E-state index in [-0.39, 0.29) is 35.8 Å². The largest absolute Gasteiger partial charge is 0.496 e. The van der Waals surface area contributed by atoms with Crippen molar-refractivity contribution < 1.29 is 19.1 Å². The summed E-state index contributed by atoms with van der Waals surface area (Å²) in [6.45, 7) is 0.322. The number of rotatable bonds is 5. The van der Waals surface area contributed by atoms with E-state index in [2.05, 4.69) is 36.4 Å². The summed E-state index contributed by atoms with van der Waals surface area (Å²) in [5, 5.41) is 1.87. The van der Waals surface area contributed by atoms with Gasteiger partial charge in [-0.1, -0.05) is 72.8 Å². The molecule has 5 heteroatoms. The lowest BCUT2D eigenvalue weighted by molar-refractivity contribution is 0.0506. The molecule has 2 fully saturated rings. The number of nitrogens with zero attached hydrogens (tertiary/aromatic N) is 1. The van der Waals surface area contributed by atoms with Gasteiger partial charge in [-0.15, -0.1) is 0 Å². The molecule has 0 aromatic heterocycles. The topological polar surface area (TPSA) is 55.8 Å². The number of hydrogen-bond acceptors (Lipinski definition) is 4. The van der Waals surface area contributed by atoms with Crippen molar-refractivity contribution in [1.82, 2.24) is 4.90 Å². The third-order valence-corrected chi connectivity index (χ3v) is 9.02. The summed E-state index contributed by atoms with van der Waals surface area (Å²) in [5.41, 5.74) is 5.61. The van der Waals surface area contributed by atoms with Crippen molar-refractivity contribution in [3.63, 3.8) is 0 Å². The van der Waals surface area contributed by atoms with Gasteiger partial charge in [0.05, 0.1) is 7.11 Å². The molecule has 1 amide bonds. The molecule has 0 radical (unpaired) electrons. The van der Waals surface area contributed by atoms with E-state index in [1.807, 2.05) is 53.4 Å². The van der Waals surface area contributed by atoms with Crippen LogP contribution in [0.1, 0.15) is 53.1 Å². The highest BCUT2D eigenvalue weighted by molar-refractivity contribution is 6.10. The number of hydrogen-bond donors (Lipinski definition) is 0. The molecular weight excluding hydrogens is 486 g/mol. The number of fused-ring (bicyclic) bond motifs is 6. The number of Topliss-reactive ketones (excluding diaryl/α,β-unsaturated/α-hetero) is 1. The van der Waals surface area contributed by atoms with E-state index in [4.69, 9.17) is 9.47 Å². The Morgan fingerprint density at radius 3 is 2.00 bits per heavy atom. The molecule has 4 aromatic rings. The molecule has 5 nitrogen and oxygen atoms in total. The van der Waals surface area contributed by atoms with Gasteiger partial charge in [-0.3, -0.25) is 4.79 Å². The van der Waals surface area contributed by atoms with Crippen LogP contribution in [0, 0.1) is 5.92 Å². The fourth-order valence-electron chi connectivity index (χ4n) is 7.24. The first-order valence-electron chi connectivity index (χ1n) is 13.9. The van der Waals surface area contributed by atoms with E-state index in [0.717, 1.165) is 34.9 Å². The summed E-state index contributed by atoms with van der Waals surface area (Å²) in [6, 6.07) is 28.5. The molecule has 39 heavy (non-hydrogen) atoms. The molecule has 2 saturated heterocycles. The predicted octanol–water partition coefficient (Wildman–Crippen LogP) is 7.22. The van der Waals surface area contributed by atoms with E-state index in [9.17, 15) is 9.59 Å². The van der Waals surface area contributed by atoms with E-state index in [1.54, 1.807) is 7.11 Å². The van der Waals surface area contributed by atoms with Gasteiger partial charge in [0.2, 0.25) is 0 Å². The van der Waals surface area contributed by atoms with E-state index >= 15 is 0 Å². The third-order valence-electron chi connectivity index (χ3n) is 9.02. The quantitative estimate of drug-likeness (QED) is 0.262. The van der Waals surface area contributed by atoms with E-state index < -0.39 is 0 Å². The number of benzene rings is 4. The van der Waals surface area contributed by atoms with Crippen molar-refractivity contribution in [2.75, 3.05) is 13.7 Å². The summed E-state index contributed by atoms with van der Waals surface area (Å²) in [5.74, 6) is 0.878. The molecule has 3 aliphatic rings. The van der Waals surface area contributed by atoms with Crippen LogP contribution >= 0.6 is 0 Å². The van der Waals surface area contributed by atoms with Gasteiger partial charge in [0.25, 0.3) is 0 Å². The van der Waals surface area contributed by atoms with Crippen LogP contribution in [0.4, 0.5) is 4.79 Å². The molecular formula is C34H31NO4. The maximum atomic E-state index is 13.8. The number of ether oxygens (including phenoxy) is 2. The van der Waals surface area contributed by atoms with Crippen LogP contribution in [0.3, 0.4) is 0 Å². The number of piperidine rings is 1. The van der Waals surface area contributed by atoms with Gasteiger partial charge in [0, 0.05) is 34.9 Å². The van der Waals surface area contributed by atoms with Gasteiger partial charge in [0.1, 0.15) is 12.4 Å². The predicted molar refractivity (Wildman–Crippen MR) is 151 cm³/mol. The summed E-state index contributed by atoms with van der Waals surface area (Å²) >= 11 is 0. The van der Waals surface area contributed by atoms with Gasteiger partial charge >= 0.3 is 6.09 Å². The lowest BCUT2D eigenvalue weighted by Crippen LogP contribution is -2.48. The van der Waals surface area contributed by atoms with Crippen LogP contribution in [0.5, 0.6) is 5.75 Å². The second kappa shape index (κ2) is 9.57. The second-order valence-corrected chi connectivity index (χ2v) is 11.0. The maximum Gasteiger partial charge on any atom is 0.410 e. The van der Waals surface area contributed by atoms with Crippen LogP contribution in [0.25, 0.3) is 21.9 Å². The van der Waals surface area contributed by atoms with Gasteiger partial charge in [0.15, 0.2) is 5.78 Å². The smallest absolute Gasteiger partial charge is 0.410 e. The monoisotopic (exact) mass is 517 g/mol. The summed E-state index contributed by atoms with van der Waals surface area (Å²) in [6.07, 6.45) is 2.95. The average Bonchev–Trinajstić information content (AvgIpc) is 3.45. The molecule has 2 bridgehead atoms. The van der Waals surface area contributed by atoms with Crippen molar-refractivity contribution >= 4 is 22.6 Å². The molecule has 2 unspecified atom stereocenters. The molecule has 0 saturated carbocycles. The molecule has 1 aliphatic carbocycles. The zero-order valence-electron chi connectivity index (χ0n) is 22.0. The maximum absolute atomic E-state index is 13.8. The first-order chi connectivity index (χ1) is 19.1. The second-order valence-electron chi connectivity index (χ2n) is 11.0. The Bertz CT molecular complexity index is 1530. The first kappa shape index (κ1) is 24.0. The highest BCUT2D eigenvalue weighted by atomic mass is 16.6. The lowest BCUT2D eigenvalue weighted by atomic mass is 9.83. The highest BCUT2D eigenvalue weighted by Crippen LogP contribution is 2.45. The third kappa shape index (κ3) is 3.91. The minimum absolute atomic E-state index is 0.0397.